The highest BCUT2D eigenvalue weighted by atomic mass is 35.5. The summed E-state index contributed by atoms with van der Waals surface area (Å²) in [5, 5.41) is 13.7. The van der Waals surface area contributed by atoms with Gasteiger partial charge in [0.25, 0.3) is 14.0 Å². The van der Waals surface area contributed by atoms with Crippen molar-refractivity contribution in [3.8, 4) is 0 Å². The van der Waals surface area contributed by atoms with Crippen LogP contribution >= 0.6 is 23.2 Å². The maximum Gasteiger partial charge on any atom is 0.288 e. The topological polar surface area (TPSA) is 52.4 Å². The zero-order valence-electron chi connectivity index (χ0n) is 17.1. The highest BCUT2D eigenvalue weighted by Gasteiger charge is 2.50. The quantitative estimate of drug-likeness (QED) is 0.258. The van der Waals surface area contributed by atoms with E-state index in [1.165, 1.54) is 12.1 Å². The third-order valence-electron chi connectivity index (χ3n) is 5.21. The molecule has 0 aliphatic heterocycles. The van der Waals surface area contributed by atoms with Gasteiger partial charge in [0, 0.05) is 16.7 Å². The van der Waals surface area contributed by atoms with Crippen LogP contribution in [0.5, 0.6) is 0 Å². The molecule has 0 saturated heterocycles. The lowest BCUT2D eigenvalue weighted by Gasteiger charge is -2.43. The Morgan fingerprint density at radius 2 is 1.40 bits per heavy atom. The summed E-state index contributed by atoms with van der Waals surface area (Å²) < 4.78 is 6.80. The maximum absolute atomic E-state index is 11.3. The second-order valence-electron chi connectivity index (χ2n) is 8.07. The Balaban J connectivity index is 2.16. The molecule has 0 aliphatic rings. The summed E-state index contributed by atoms with van der Waals surface area (Å²) in [6, 6.07) is 23.1. The minimum Gasteiger partial charge on any atom is -0.403 e. The van der Waals surface area contributed by atoms with Crippen LogP contribution in [-0.4, -0.2) is 13.2 Å². The van der Waals surface area contributed by atoms with E-state index in [-0.39, 0.29) is 22.4 Å². The van der Waals surface area contributed by atoms with Gasteiger partial charge >= 0.3 is 0 Å². The second-order valence-corrected chi connectivity index (χ2v) is 13.2. The first-order chi connectivity index (χ1) is 14.2. The lowest BCUT2D eigenvalue weighted by Crippen LogP contribution is -2.66. The van der Waals surface area contributed by atoms with Crippen LogP contribution in [0.3, 0.4) is 0 Å². The molecule has 0 bridgehead atoms. The van der Waals surface area contributed by atoms with E-state index in [1.807, 2.05) is 36.4 Å². The van der Waals surface area contributed by atoms with Gasteiger partial charge in [-0.15, -0.1) is 0 Å². The highest BCUT2D eigenvalue weighted by molar-refractivity contribution is 6.99. The van der Waals surface area contributed by atoms with Gasteiger partial charge in [0.1, 0.15) is 5.02 Å². The van der Waals surface area contributed by atoms with Crippen molar-refractivity contribution in [3.05, 3.63) is 98.5 Å². The molecule has 0 spiro atoms. The monoisotopic (exact) mass is 459 g/mol. The molecule has 3 rings (SSSR count). The van der Waals surface area contributed by atoms with E-state index < -0.39 is 13.2 Å². The minimum atomic E-state index is -2.81. The average Bonchev–Trinajstić information content (AvgIpc) is 2.71. The van der Waals surface area contributed by atoms with Gasteiger partial charge < -0.3 is 4.43 Å². The molecule has 0 N–H and O–H groups in total. The van der Waals surface area contributed by atoms with Crippen molar-refractivity contribution in [2.75, 3.05) is 0 Å². The summed E-state index contributed by atoms with van der Waals surface area (Å²) >= 11 is 12.7. The molecule has 156 valence electrons. The van der Waals surface area contributed by atoms with Crippen LogP contribution < -0.4 is 10.4 Å². The third-order valence-corrected chi connectivity index (χ3v) is 11.0. The van der Waals surface area contributed by atoms with Crippen molar-refractivity contribution < 1.29 is 9.35 Å². The van der Waals surface area contributed by atoms with Gasteiger partial charge in [0.2, 0.25) is 0 Å². The van der Waals surface area contributed by atoms with E-state index in [2.05, 4.69) is 45.0 Å². The van der Waals surface area contributed by atoms with Gasteiger partial charge in [-0.05, 0) is 21.5 Å². The molecule has 0 heterocycles. The fourth-order valence-electron chi connectivity index (χ4n) is 3.80. The van der Waals surface area contributed by atoms with E-state index in [0.717, 1.165) is 10.4 Å². The maximum atomic E-state index is 11.3. The fourth-order valence-corrected chi connectivity index (χ4v) is 8.87. The second kappa shape index (κ2) is 8.90. The first-order valence-corrected chi connectivity index (χ1v) is 12.2. The molecular weight excluding hydrogens is 437 g/mol. The number of nitro groups is 1. The lowest BCUT2D eigenvalue weighted by molar-refractivity contribution is -0.384. The Kier molecular flexibility index (Phi) is 6.67. The summed E-state index contributed by atoms with van der Waals surface area (Å²) in [5.74, 6) is 0. The average molecular weight is 460 g/mol. The smallest absolute Gasteiger partial charge is 0.288 e. The van der Waals surface area contributed by atoms with Gasteiger partial charge in [-0.1, -0.05) is 105 Å². The van der Waals surface area contributed by atoms with Gasteiger partial charge in [0.15, 0.2) is 0 Å². The Hall–Kier alpha value is -2.18. The molecule has 0 fully saturated rings. The van der Waals surface area contributed by atoms with Crippen LogP contribution in [0.4, 0.5) is 5.69 Å². The number of hydrogen-bond donors (Lipinski definition) is 0. The van der Waals surface area contributed by atoms with Crippen molar-refractivity contribution in [2.24, 2.45) is 0 Å². The summed E-state index contributed by atoms with van der Waals surface area (Å²) in [5.41, 5.74) is 0.252. The van der Waals surface area contributed by atoms with Crippen LogP contribution in [0.25, 0.3) is 0 Å². The molecule has 0 saturated carbocycles. The minimum absolute atomic E-state index is 0.0189. The van der Waals surface area contributed by atoms with Crippen molar-refractivity contribution in [1.82, 2.24) is 0 Å². The van der Waals surface area contributed by atoms with E-state index in [1.54, 1.807) is 0 Å². The van der Waals surface area contributed by atoms with Crippen molar-refractivity contribution >= 4 is 47.6 Å². The van der Waals surface area contributed by atoms with Crippen molar-refractivity contribution in [2.45, 2.75) is 32.4 Å². The van der Waals surface area contributed by atoms with Crippen LogP contribution in [0.2, 0.25) is 15.1 Å². The first-order valence-electron chi connectivity index (χ1n) is 9.55. The molecule has 0 aromatic heterocycles. The Morgan fingerprint density at radius 1 is 0.900 bits per heavy atom. The van der Waals surface area contributed by atoms with Crippen molar-refractivity contribution in [1.29, 1.82) is 0 Å². The molecule has 7 heteroatoms. The molecule has 3 aromatic rings. The van der Waals surface area contributed by atoms with Gasteiger partial charge in [-0.25, -0.2) is 0 Å². The van der Waals surface area contributed by atoms with Gasteiger partial charge in [-0.3, -0.25) is 10.1 Å². The molecule has 0 unspecified atom stereocenters. The zero-order valence-corrected chi connectivity index (χ0v) is 19.6. The number of halogens is 2. The van der Waals surface area contributed by atoms with Crippen LogP contribution in [0, 0.1) is 10.1 Å². The predicted octanol–water partition coefficient (Wildman–Crippen LogP) is 5.98. The van der Waals surface area contributed by atoms with E-state index >= 15 is 0 Å². The van der Waals surface area contributed by atoms with Gasteiger partial charge in [0.05, 0.1) is 11.5 Å². The number of nitro benzene ring substituents is 1. The molecular formula is C23H23Cl2NO3Si. The Morgan fingerprint density at radius 3 is 1.83 bits per heavy atom. The van der Waals surface area contributed by atoms with Crippen LogP contribution in [-0.2, 0) is 11.0 Å². The Bertz CT molecular complexity index is 998. The van der Waals surface area contributed by atoms with E-state index in [9.17, 15) is 10.1 Å². The molecule has 0 aliphatic carbocycles. The van der Waals surface area contributed by atoms with Crippen LogP contribution in [0.15, 0.2) is 72.8 Å². The largest absolute Gasteiger partial charge is 0.403 e. The summed E-state index contributed by atoms with van der Waals surface area (Å²) in [6.45, 7) is 6.56. The molecule has 30 heavy (non-hydrogen) atoms. The molecule has 0 atom stereocenters. The highest BCUT2D eigenvalue weighted by Crippen LogP contribution is 2.39. The van der Waals surface area contributed by atoms with Gasteiger partial charge in [-0.2, -0.15) is 0 Å². The molecule has 0 amide bonds. The Labute approximate surface area is 187 Å². The summed E-state index contributed by atoms with van der Waals surface area (Å²) in [4.78, 5) is 10.8. The number of nitrogens with zero attached hydrogens (tertiary/aromatic N) is 1. The summed E-state index contributed by atoms with van der Waals surface area (Å²) in [6.07, 6.45) is 0. The SMILES string of the molecule is CC(C)(C)[Si](OCc1c(Cl)ccc([N+](=O)[O-])c1Cl)(c1ccccc1)c1ccccc1. The standard InChI is InChI=1S/C23H23Cl2NO3Si/c1-23(2,3)30(17-10-6-4-7-11-17,18-12-8-5-9-13-18)29-16-19-20(24)14-15-21(22(19)25)26(27)28/h4-15H,16H2,1-3H3. The number of benzene rings is 3. The predicted molar refractivity (Wildman–Crippen MR) is 126 cm³/mol. The third kappa shape index (κ3) is 4.16. The summed E-state index contributed by atoms with van der Waals surface area (Å²) in [7, 11) is -2.81. The fraction of sp³-hybridized carbons (Fsp3) is 0.217. The molecule has 4 nitrogen and oxygen atoms in total. The molecule has 3 aromatic carbocycles. The zero-order chi connectivity index (χ0) is 21.9. The number of hydrogen-bond acceptors (Lipinski definition) is 3. The van der Waals surface area contributed by atoms with E-state index in [0.29, 0.717) is 10.6 Å². The first kappa shape index (κ1) is 22.5. The lowest BCUT2D eigenvalue weighted by atomic mass is 10.2. The molecule has 0 radical (unpaired) electrons. The number of rotatable bonds is 6. The van der Waals surface area contributed by atoms with E-state index in [4.69, 9.17) is 27.6 Å². The van der Waals surface area contributed by atoms with Crippen molar-refractivity contribution in [3.63, 3.8) is 0 Å². The normalized spacial score (nSPS) is 12.0. The van der Waals surface area contributed by atoms with Crippen LogP contribution in [0.1, 0.15) is 26.3 Å².